The number of hydrogen-bond acceptors (Lipinski definition) is 4. The fourth-order valence-corrected chi connectivity index (χ4v) is 2.24. The molecule has 1 aliphatic carbocycles. The minimum Gasteiger partial charge on any atom is -0.481 e. The summed E-state index contributed by atoms with van der Waals surface area (Å²) in [6, 6.07) is 3.57. The van der Waals surface area contributed by atoms with Crippen LogP contribution in [0.25, 0.3) is 0 Å². The third-order valence-electron chi connectivity index (χ3n) is 3.12. The van der Waals surface area contributed by atoms with Crippen molar-refractivity contribution in [3.8, 4) is 6.07 Å². The predicted octanol–water partition coefficient (Wildman–Crippen LogP) is 1.62. The Morgan fingerprint density at radius 1 is 1.59 bits per heavy atom. The summed E-state index contributed by atoms with van der Waals surface area (Å²) >= 11 is 0. The molecule has 0 aromatic carbocycles. The van der Waals surface area contributed by atoms with Crippen LogP contribution in [0.2, 0.25) is 0 Å². The second kappa shape index (κ2) is 4.83. The summed E-state index contributed by atoms with van der Waals surface area (Å²) in [5.41, 5.74) is 1.11. The van der Waals surface area contributed by atoms with E-state index < -0.39 is 5.97 Å². The summed E-state index contributed by atoms with van der Waals surface area (Å²) in [5.74, 6) is -1.15. The summed E-state index contributed by atoms with van der Waals surface area (Å²) in [4.78, 5) is 15.0. The maximum Gasteiger partial charge on any atom is 0.308 e. The molecule has 1 saturated carbocycles. The number of pyridine rings is 1. The number of nitrogens with one attached hydrogen (secondary N) is 1. The maximum atomic E-state index is 11.0. The van der Waals surface area contributed by atoms with Crippen LogP contribution in [0.3, 0.4) is 0 Å². The van der Waals surface area contributed by atoms with Gasteiger partial charge in [-0.25, -0.2) is 0 Å². The molecule has 0 bridgehead atoms. The van der Waals surface area contributed by atoms with Crippen molar-refractivity contribution >= 4 is 11.7 Å². The molecule has 2 atom stereocenters. The molecule has 0 saturated heterocycles. The first-order valence-corrected chi connectivity index (χ1v) is 5.56. The van der Waals surface area contributed by atoms with E-state index in [0.717, 1.165) is 12.8 Å². The summed E-state index contributed by atoms with van der Waals surface area (Å²) in [6.07, 6.45) is 5.52. The number of anilines is 1. The van der Waals surface area contributed by atoms with E-state index in [-0.39, 0.29) is 12.0 Å². The third-order valence-corrected chi connectivity index (χ3v) is 3.12. The number of carbonyl (C=O) groups is 1. The van der Waals surface area contributed by atoms with Crippen molar-refractivity contribution in [3.63, 3.8) is 0 Å². The Labute approximate surface area is 99.1 Å². The highest BCUT2D eigenvalue weighted by molar-refractivity contribution is 5.72. The first-order valence-electron chi connectivity index (χ1n) is 5.56. The van der Waals surface area contributed by atoms with Gasteiger partial charge < -0.3 is 10.4 Å². The molecule has 0 aliphatic heterocycles. The average molecular weight is 231 g/mol. The van der Waals surface area contributed by atoms with Crippen molar-refractivity contribution in [3.05, 3.63) is 24.0 Å². The predicted molar refractivity (Wildman–Crippen MR) is 61.3 cm³/mol. The van der Waals surface area contributed by atoms with Gasteiger partial charge in [0.05, 0.1) is 23.4 Å². The van der Waals surface area contributed by atoms with Crippen molar-refractivity contribution in [2.45, 2.75) is 25.3 Å². The number of nitrogens with zero attached hydrogens (tertiary/aromatic N) is 2. The maximum absolute atomic E-state index is 11.0. The van der Waals surface area contributed by atoms with Gasteiger partial charge in [0.2, 0.25) is 0 Å². The second-order valence-corrected chi connectivity index (χ2v) is 4.16. The zero-order valence-electron chi connectivity index (χ0n) is 9.26. The van der Waals surface area contributed by atoms with E-state index in [1.807, 2.05) is 0 Å². The quantitative estimate of drug-likeness (QED) is 0.825. The SMILES string of the molecule is N#Cc1ccncc1NC1CCCC1C(=O)O. The van der Waals surface area contributed by atoms with Crippen molar-refractivity contribution in [2.24, 2.45) is 5.92 Å². The van der Waals surface area contributed by atoms with Gasteiger partial charge in [0.1, 0.15) is 6.07 Å². The molecule has 1 aromatic heterocycles. The minimum atomic E-state index is -0.776. The lowest BCUT2D eigenvalue weighted by atomic mass is 10.0. The van der Waals surface area contributed by atoms with Crippen molar-refractivity contribution < 1.29 is 9.90 Å². The average Bonchev–Trinajstić information content (AvgIpc) is 2.78. The van der Waals surface area contributed by atoms with E-state index in [1.54, 1.807) is 18.5 Å². The minimum absolute atomic E-state index is 0.108. The molecule has 0 radical (unpaired) electrons. The number of carboxylic acids is 1. The molecule has 1 aliphatic rings. The van der Waals surface area contributed by atoms with Crippen LogP contribution in [0, 0.1) is 17.2 Å². The molecule has 5 heteroatoms. The van der Waals surface area contributed by atoms with Crippen molar-refractivity contribution in [2.75, 3.05) is 5.32 Å². The van der Waals surface area contributed by atoms with E-state index in [9.17, 15) is 4.79 Å². The topological polar surface area (TPSA) is 86.0 Å². The lowest BCUT2D eigenvalue weighted by Gasteiger charge is -2.19. The van der Waals surface area contributed by atoms with Gasteiger partial charge in [-0.2, -0.15) is 5.26 Å². The lowest BCUT2D eigenvalue weighted by Crippen LogP contribution is -2.30. The highest BCUT2D eigenvalue weighted by atomic mass is 16.4. The number of carboxylic acid groups (broad SMARTS) is 1. The second-order valence-electron chi connectivity index (χ2n) is 4.16. The summed E-state index contributed by atoms with van der Waals surface area (Å²) in [5, 5.41) is 21.1. The highest BCUT2D eigenvalue weighted by Crippen LogP contribution is 2.29. The van der Waals surface area contributed by atoms with Crippen LogP contribution in [0.15, 0.2) is 18.5 Å². The molecule has 2 unspecified atom stereocenters. The molecule has 88 valence electrons. The summed E-state index contributed by atoms with van der Waals surface area (Å²) in [6.45, 7) is 0. The molecule has 17 heavy (non-hydrogen) atoms. The number of aromatic nitrogens is 1. The van der Waals surface area contributed by atoms with Crippen LogP contribution >= 0.6 is 0 Å². The molecule has 1 heterocycles. The van der Waals surface area contributed by atoms with Crippen LogP contribution in [-0.2, 0) is 4.79 Å². The number of hydrogen-bond donors (Lipinski definition) is 2. The fraction of sp³-hybridized carbons (Fsp3) is 0.417. The van der Waals surface area contributed by atoms with Gasteiger partial charge in [-0.3, -0.25) is 9.78 Å². The molecule has 2 N–H and O–H groups in total. The van der Waals surface area contributed by atoms with E-state index in [0.29, 0.717) is 17.7 Å². The molecule has 1 fully saturated rings. The smallest absolute Gasteiger partial charge is 0.308 e. The number of nitriles is 1. The highest BCUT2D eigenvalue weighted by Gasteiger charge is 2.33. The third kappa shape index (κ3) is 2.36. The zero-order chi connectivity index (χ0) is 12.3. The molecular formula is C12H13N3O2. The van der Waals surface area contributed by atoms with Crippen LogP contribution in [-0.4, -0.2) is 22.1 Å². The normalized spacial score (nSPS) is 23.0. The van der Waals surface area contributed by atoms with Gasteiger partial charge >= 0.3 is 5.97 Å². The summed E-state index contributed by atoms with van der Waals surface area (Å²) in [7, 11) is 0. The Kier molecular flexibility index (Phi) is 3.24. The van der Waals surface area contributed by atoms with Crippen LogP contribution in [0.1, 0.15) is 24.8 Å². The van der Waals surface area contributed by atoms with E-state index in [1.165, 1.54) is 0 Å². The van der Waals surface area contributed by atoms with Crippen molar-refractivity contribution in [1.29, 1.82) is 5.26 Å². The summed E-state index contributed by atoms with van der Waals surface area (Å²) < 4.78 is 0. The van der Waals surface area contributed by atoms with Crippen molar-refractivity contribution in [1.82, 2.24) is 4.98 Å². The van der Waals surface area contributed by atoms with E-state index in [4.69, 9.17) is 10.4 Å². The monoisotopic (exact) mass is 231 g/mol. The first-order chi connectivity index (χ1) is 8.22. The van der Waals surface area contributed by atoms with Gasteiger partial charge in [-0.1, -0.05) is 6.42 Å². The number of rotatable bonds is 3. The molecule has 1 aromatic rings. The zero-order valence-corrected chi connectivity index (χ0v) is 9.26. The van der Waals surface area contributed by atoms with Gasteiger partial charge in [-0.05, 0) is 18.9 Å². The Morgan fingerprint density at radius 2 is 2.41 bits per heavy atom. The first kappa shape index (κ1) is 11.4. The largest absolute Gasteiger partial charge is 0.481 e. The van der Waals surface area contributed by atoms with Gasteiger partial charge in [0.15, 0.2) is 0 Å². The van der Waals surface area contributed by atoms with Gasteiger partial charge in [0, 0.05) is 12.2 Å². The molecule has 0 amide bonds. The number of aliphatic carboxylic acids is 1. The van der Waals surface area contributed by atoms with Crippen LogP contribution in [0.4, 0.5) is 5.69 Å². The Bertz CT molecular complexity index is 467. The Balaban J connectivity index is 2.15. The van der Waals surface area contributed by atoms with E-state index in [2.05, 4.69) is 16.4 Å². The molecular weight excluding hydrogens is 218 g/mol. The molecule has 5 nitrogen and oxygen atoms in total. The van der Waals surface area contributed by atoms with Crippen LogP contribution in [0.5, 0.6) is 0 Å². The Morgan fingerprint density at radius 3 is 3.12 bits per heavy atom. The van der Waals surface area contributed by atoms with Gasteiger partial charge in [-0.15, -0.1) is 0 Å². The fourth-order valence-electron chi connectivity index (χ4n) is 2.24. The molecule has 0 spiro atoms. The molecule has 2 rings (SSSR count). The van der Waals surface area contributed by atoms with Gasteiger partial charge in [0.25, 0.3) is 0 Å². The van der Waals surface area contributed by atoms with Crippen LogP contribution < -0.4 is 5.32 Å². The van der Waals surface area contributed by atoms with E-state index >= 15 is 0 Å². The standard InChI is InChI=1S/C12H13N3O2/c13-6-8-4-5-14-7-11(8)15-10-3-1-2-9(10)12(16)17/h4-5,7,9-10,15H,1-3H2,(H,16,17). The lowest BCUT2D eigenvalue weighted by molar-refractivity contribution is -0.141. The Hall–Kier alpha value is -2.09.